The lowest BCUT2D eigenvalue weighted by Gasteiger charge is -2.30. The fourth-order valence-corrected chi connectivity index (χ4v) is 4.17. The van der Waals surface area contributed by atoms with Crippen LogP contribution in [0.4, 0.5) is 14.6 Å². The van der Waals surface area contributed by atoms with E-state index in [-0.39, 0.29) is 23.8 Å². The zero-order valence-electron chi connectivity index (χ0n) is 17.3. The lowest BCUT2D eigenvalue weighted by molar-refractivity contribution is -0.115. The van der Waals surface area contributed by atoms with Gasteiger partial charge in [-0.2, -0.15) is 13.8 Å². The first-order chi connectivity index (χ1) is 15.7. The van der Waals surface area contributed by atoms with Crippen molar-refractivity contribution in [3.05, 3.63) is 80.9 Å². The van der Waals surface area contributed by atoms with E-state index in [1.165, 1.54) is 41.2 Å². The molecular weight excluding hydrogens is 500 g/mol. The van der Waals surface area contributed by atoms with Gasteiger partial charge in [-0.3, -0.25) is 9.36 Å². The van der Waals surface area contributed by atoms with Crippen molar-refractivity contribution in [3.8, 4) is 11.4 Å². The number of alkyl halides is 2. The Labute approximate surface area is 195 Å². The van der Waals surface area contributed by atoms with Crippen molar-refractivity contribution in [1.29, 1.82) is 0 Å². The molecule has 0 radical (unpaired) electrons. The Morgan fingerprint density at radius 3 is 2.76 bits per heavy atom. The highest BCUT2D eigenvalue weighted by molar-refractivity contribution is 9.11. The van der Waals surface area contributed by atoms with Gasteiger partial charge in [-0.15, -0.1) is 0 Å². The molecule has 33 heavy (non-hydrogen) atoms. The minimum atomic E-state index is -3.08. The molecule has 0 saturated heterocycles. The van der Waals surface area contributed by atoms with Crippen LogP contribution in [0.2, 0.25) is 0 Å². The minimum absolute atomic E-state index is 0.0332. The summed E-state index contributed by atoms with van der Waals surface area (Å²) in [5, 5.41) is 0. The van der Waals surface area contributed by atoms with Gasteiger partial charge in [0, 0.05) is 41.6 Å². The highest BCUT2D eigenvalue weighted by Gasteiger charge is 2.37. The summed E-state index contributed by atoms with van der Waals surface area (Å²) in [4.78, 5) is 34.6. The molecule has 0 bridgehead atoms. The zero-order valence-corrected chi connectivity index (χ0v) is 18.9. The number of allylic oxidation sites excluding steroid dienone is 3. The number of benzene rings is 1. The number of nitrogens with two attached hydrogens (primary N) is 1. The number of aliphatic imine (C=N–C) groups is 1. The lowest BCUT2D eigenvalue weighted by Crippen LogP contribution is -2.24. The molecule has 1 aliphatic heterocycles. The molecule has 2 heterocycles. The molecular formula is C22H18BrF2N5O3. The Morgan fingerprint density at radius 1 is 1.30 bits per heavy atom. The van der Waals surface area contributed by atoms with E-state index < -0.39 is 18.2 Å². The summed E-state index contributed by atoms with van der Waals surface area (Å²) in [6.07, 6.45) is 4.64. The molecule has 1 unspecified atom stereocenters. The first-order valence-electron chi connectivity index (χ1n) is 9.73. The molecule has 1 aliphatic carbocycles. The first-order valence-corrected chi connectivity index (χ1v) is 10.5. The third-order valence-electron chi connectivity index (χ3n) is 5.35. The van der Waals surface area contributed by atoms with Crippen LogP contribution in [0.15, 0.2) is 74.6 Å². The average molecular weight is 518 g/mol. The number of hydrogen-bond acceptors (Lipinski definition) is 7. The van der Waals surface area contributed by atoms with Gasteiger partial charge < -0.3 is 15.4 Å². The van der Waals surface area contributed by atoms with Crippen LogP contribution in [-0.4, -0.2) is 33.1 Å². The van der Waals surface area contributed by atoms with Gasteiger partial charge in [0.05, 0.1) is 17.6 Å². The van der Waals surface area contributed by atoms with E-state index in [9.17, 15) is 18.4 Å². The van der Waals surface area contributed by atoms with Gasteiger partial charge in [0.2, 0.25) is 0 Å². The van der Waals surface area contributed by atoms with Gasteiger partial charge in [-0.25, -0.2) is 9.79 Å². The van der Waals surface area contributed by atoms with Crippen molar-refractivity contribution < 1.29 is 18.3 Å². The quantitative estimate of drug-likeness (QED) is 0.604. The van der Waals surface area contributed by atoms with Crippen molar-refractivity contribution in [3.63, 3.8) is 0 Å². The predicted octanol–water partition coefficient (Wildman–Crippen LogP) is 3.84. The number of ketones is 1. The van der Waals surface area contributed by atoms with Crippen LogP contribution in [0.3, 0.4) is 0 Å². The largest absolute Gasteiger partial charge is 0.435 e. The van der Waals surface area contributed by atoms with Crippen LogP contribution in [-0.2, 0) is 4.79 Å². The Hall–Kier alpha value is -3.60. The Balaban J connectivity index is 1.88. The number of aromatic nitrogens is 2. The van der Waals surface area contributed by atoms with Crippen LogP contribution in [0.25, 0.3) is 5.69 Å². The number of halogens is 3. The predicted molar refractivity (Wildman–Crippen MR) is 122 cm³/mol. The summed E-state index contributed by atoms with van der Waals surface area (Å²) in [5.41, 5.74) is 7.13. The van der Waals surface area contributed by atoms with Gasteiger partial charge in [-0.05, 0) is 47.1 Å². The Morgan fingerprint density at radius 2 is 2.06 bits per heavy atom. The molecule has 1 aromatic heterocycles. The standard InChI is InChI=1S/C22H18BrF2N5O3/c1-11-9-27-18(23)10-30(11)20-12(2)16(31)8-15(20)14-7-13(3-4-17(14)33-21(24)25)29-6-5-19(26)28-22(29)32/h3-7,9-10,15,21H,1,8H2,2H3,(H2,26,28,32). The molecule has 0 amide bonds. The SMILES string of the molecule is C=C1C=NC(Br)=CN1C1=C(C)C(=O)CC1c1cc(-n2ccc(N)nc2=O)ccc1OC(F)F. The summed E-state index contributed by atoms with van der Waals surface area (Å²) in [6.45, 7) is 2.56. The number of nitrogen functional groups attached to an aromatic ring is 1. The van der Waals surface area contributed by atoms with Crippen molar-refractivity contribution in [2.24, 2.45) is 4.99 Å². The number of rotatable bonds is 5. The molecule has 2 aliphatic rings. The van der Waals surface area contributed by atoms with E-state index in [0.29, 0.717) is 32.8 Å². The number of nitrogens with zero attached hydrogens (tertiary/aromatic N) is 4. The van der Waals surface area contributed by atoms with Crippen LogP contribution in [0, 0.1) is 0 Å². The summed E-state index contributed by atoms with van der Waals surface area (Å²) in [5.74, 6) is -0.827. The number of hydrogen-bond donors (Lipinski definition) is 1. The van der Waals surface area contributed by atoms with E-state index in [0.717, 1.165) is 0 Å². The molecule has 1 aromatic carbocycles. The van der Waals surface area contributed by atoms with Crippen molar-refractivity contribution >= 4 is 33.7 Å². The van der Waals surface area contributed by atoms with Crippen molar-refractivity contribution in [1.82, 2.24) is 14.5 Å². The third kappa shape index (κ3) is 4.36. The van der Waals surface area contributed by atoms with E-state index in [1.54, 1.807) is 18.0 Å². The third-order valence-corrected chi connectivity index (χ3v) is 5.76. The van der Waals surface area contributed by atoms with Gasteiger partial charge in [0.15, 0.2) is 5.78 Å². The second kappa shape index (κ2) is 8.74. The van der Waals surface area contributed by atoms with E-state index in [1.807, 2.05) is 0 Å². The molecule has 170 valence electrons. The smallest absolute Gasteiger partial charge is 0.387 e. The average Bonchev–Trinajstić information content (AvgIpc) is 3.04. The van der Waals surface area contributed by atoms with Crippen LogP contribution < -0.4 is 16.2 Å². The number of Topliss-reactive ketones (excluding diaryl/α,β-unsaturated/α-hetero) is 1. The number of carbonyl (C=O) groups is 1. The van der Waals surface area contributed by atoms with E-state index in [2.05, 4.69) is 32.5 Å². The summed E-state index contributed by atoms with van der Waals surface area (Å²) >= 11 is 3.31. The Bertz CT molecular complexity index is 1320. The van der Waals surface area contributed by atoms with Gasteiger partial charge in [-0.1, -0.05) is 6.58 Å². The molecule has 0 spiro atoms. The summed E-state index contributed by atoms with van der Waals surface area (Å²) in [7, 11) is 0. The zero-order chi connectivity index (χ0) is 23.9. The molecule has 1 atom stereocenters. The number of ether oxygens (including phenoxy) is 1. The monoisotopic (exact) mass is 517 g/mol. The van der Waals surface area contributed by atoms with Crippen LogP contribution >= 0.6 is 15.9 Å². The maximum atomic E-state index is 13.2. The molecule has 0 saturated carbocycles. The second-order valence-corrected chi connectivity index (χ2v) is 8.18. The van der Waals surface area contributed by atoms with Gasteiger partial charge in [0.1, 0.15) is 16.2 Å². The summed E-state index contributed by atoms with van der Waals surface area (Å²) in [6, 6.07) is 5.77. The van der Waals surface area contributed by atoms with Gasteiger partial charge in [0.25, 0.3) is 0 Å². The normalized spacial score (nSPS) is 18.4. The summed E-state index contributed by atoms with van der Waals surface area (Å²) < 4.78 is 32.9. The van der Waals surface area contributed by atoms with E-state index in [4.69, 9.17) is 10.5 Å². The fraction of sp³-hybridized carbons (Fsp3) is 0.182. The van der Waals surface area contributed by atoms with Crippen molar-refractivity contribution in [2.75, 3.05) is 5.73 Å². The van der Waals surface area contributed by atoms with Crippen molar-refractivity contribution in [2.45, 2.75) is 25.9 Å². The van der Waals surface area contributed by atoms with E-state index >= 15 is 0 Å². The molecule has 8 nitrogen and oxygen atoms in total. The molecule has 11 heteroatoms. The molecule has 2 aromatic rings. The van der Waals surface area contributed by atoms with Gasteiger partial charge >= 0.3 is 12.3 Å². The molecule has 4 rings (SSSR count). The first kappa shape index (κ1) is 22.6. The lowest BCUT2D eigenvalue weighted by atomic mass is 9.93. The number of carbonyl (C=O) groups excluding carboxylic acids is 1. The van der Waals surface area contributed by atoms with Crippen LogP contribution in [0.5, 0.6) is 5.75 Å². The maximum Gasteiger partial charge on any atom is 0.387 e. The molecule has 0 fully saturated rings. The molecule has 2 N–H and O–H groups in total. The highest BCUT2D eigenvalue weighted by atomic mass is 79.9. The van der Waals surface area contributed by atoms with Crippen LogP contribution in [0.1, 0.15) is 24.8 Å². The minimum Gasteiger partial charge on any atom is -0.435 e. The topological polar surface area (TPSA) is 103 Å². The highest BCUT2D eigenvalue weighted by Crippen LogP contribution is 2.45. The Kier molecular flexibility index (Phi) is 5.98. The fourth-order valence-electron chi connectivity index (χ4n) is 3.86. The second-order valence-electron chi connectivity index (χ2n) is 7.37. The maximum absolute atomic E-state index is 13.2. The number of anilines is 1.